The van der Waals surface area contributed by atoms with Gasteiger partial charge in [-0.3, -0.25) is 9.59 Å². The highest BCUT2D eigenvalue weighted by atomic mass is 32.2. The van der Waals surface area contributed by atoms with Crippen LogP contribution in [0.2, 0.25) is 0 Å². The number of esters is 1. The molecule has 1 aliphatic carbocycles. The Morgan fingerprint density at radius 1 is 1.31 bits per heavy atom. The van der Waals surface area contributed by atoms with Crippen molar-refractivity contribution in [2.75, 3.05) is 6.26 Å². The van der Waals surface area contributed by atoms with Gasteiger partial charge in [-0.05, 0) is 56.9 Å². The second kappa shape index (κ2) is 10.2. The number of ether oxygens (including phenoxy) is 2. The first-order valence-corrected chi connectivity index (χ1v) is 14.5. The molecular formula is C26H37NO6S2. The molecule has 8 atom stereocenters. The molecule has 0 unspecified atom stereocenters. The van der Waals surface area contributed by atoms with Crippen LogP contribution in [0.15, 0.2) is 15.3 Å². The number of ketones is 1. The van der Waals surface area contributed by atoms with Crippen molar-refractivity contribution in [2.24, 2.45) is 17.3 Å². The van der Waals surface area contributed by atoms with Crippen molar-refractivity contribution in [2.45, 2.75) is 101 Å². The Kier molecular flexibility index (Phi) is 7.84. The zero-order valence-corrected chi connectivity index (χ0v) is 22.8. The summed E-state index contributed by atoms with van der Waals surface area (Å²) in [6.07, 6.45) is 4.53. The van der Waals surface area contributed by atoms with Gasteiger partial charge in [-0.2, -0.15) is 0 Å². The zero-order chi connectivity index (χ0) is 25.5. The molecular weight excluding hydrogens is 486 g/mol. The molecule has 0 amide bonds. The van der Waals surface area contributed by atoms with E-state index in [0.29, 0.717) is 12.8 Å². The number of aromatic nitrogens is 1. The van der Waals surface area contributed by atoms with E-state index in [1.807, 2.05) is 24.6 Å². The maximum Gasteiger partial charge on any atom is 0.309 e. The third-order valence-corrected chi connectivity index (χ3v) is 10.2. The van der Waals surface area contributed by atoms with Gasteiger partial charge in [-0.25, -0.2) is 4.98 Å². The number of nitrogens with zero attached hydrogens (tertiary/aromatic N) is 1. The van der Waals surface area contributed by atoms with Gasteiger partial charge in [0.25, 0.3) is 0 Å². The van der Waals surface area contributed by atoms with Crippen LogP contribution < -0.4 is 0 Å². The summed E-state index contributed by atoms with van der Waals surface area (Å²) < 4.78 is 12.9. The summed E-state index contributed by atoms with van der Waals surface area (Å²) in [6, 6.07) is 0. The fourth-order valence-electron chi connectivity index (χ4n) is 5.81. The van der Waals surface area contributed by atoms with Crippen molar-refractivity contribution in [3.63, 3.8) is 0 Å². The van der Waals surface area contributed by atoms with Gasteiger partial charge in [0.2, 0.25) is 0 Å². The van der Waals surface area contributed by atoms with Crippen molar-refractivity contribution >= 4 is 40.9 Å². The van der Waals surface area contributed by atoms with Crippen molar-refractivity contribution in [3.8, 4) is 0 Å². The van der Waals surface area contributed by atoms with Gasteiger partial charge in [0.1, 0.15) is 16.2 Å². The Morgan fingerprint density at radius 3 is 2.74 bits per heavy atom. The number of aliphatic hydroxyl groups excluding tert-OH is 2. The normalized spacial score (nSPS) is 41.1. The molecule has 0 aromatic carbocycles. The molecule has 1 aromatic rings. The van der Waals surface area contributed by atoms with E-state index in [4.69, 9.17) is 9.47 Å². The molecule has 3 aliphatic rings. The summed E-state index contributed by atoms with van der Waals surface area (Å²) >= 11 is 3.16. The van der Waals surface area contributed by atoms with Gasteiger partial charge in [0.05, 0.1) is 41.4 Å². The number of thiazole rings is 1. The molecule has 2 bridgehead atoms. The van der Waals surface area contributed by atoms with Crippen LogP contribution in [0.25, 0.3) is 6.08 Å². The average molecular weight is 524 g/mol. The van der Waals surface area contributed by atoms with E-state index >= 15 is 0 Å². The summed E-state index contributed by atoms with van der Waals surface area (Å²) in [7, 11) is 0. The minimum atomic E-state index is -1.17. The SMILES string of the molecule is CSc1nc(/C=C(\C)[C@@H]2C[C@@H]3O[C@]3(C)CCC[C@@H]3C[C@@](C)(C(=O)[C@H](C)[C@H]3O)[C@@H](O)CC(=O)O2)cs1. The Balaban J connectivity index is 1.58. The fourth-order valence-corrected chi connectivity index (χ4v) is 7.04. The predicted molar refractivity (Wildman–Crippen MR) is 136 cm³/mol. The third kappa shape index (κ3) is 5.54. The van der Waals surface area contributed by atoms with E-state index in [1.165, 1.54) is 0 Å². The van der Waals surface area contributed by atoms with Crippen molar-refractivity contribution in [3.05, 3.63) is 16.6 Å². The standard InChI is InChI=1S/C26H37NO6S2/c1-14(9-17-13-35-24(27-17)34-5)18-10-20-26(4,33-20)8-6-7-16-12-25(3,19(28)11-21(29)32-18)23(31)15(2)22(16)30/h9,13,15-16,18-20,22,28,30H,6-8,10-12H2,1-5H3/b14-9+/t15-,16-,18+,19+,20+,22-,25-,26-/m1/s1. The summed E-state index contributed by atoms with van der Waals surface area (Å²) in [5, 5.41) is 23.8. The number of fused-ring (bicyclic) bond motifs is 3. The Bertz CT molecular complexity index is 994. The van der Waals surface area contributed by atoms with Gasteiger partial charge in [-0.15, -0.1) is 11.3 Å². The molecule has 35 heavy (non-hydrogen) atoms. The van der Waals surface area contributed by atoms with Gasteiger partial charge in [-0.1, -0.05) is 32.0 Å². The number of rotatable bonds is 3. The summed E-state index contributed by atoms with van der Waals surface area (Å²) in [5.74, 6) is -1.42. The summed E-state index contributed by atoms with van der Waals surface area (Å²) in [4.78, 5) is 30.7. The topological polar surface area (TPSA) is 109 Å². The second-order valence-electron chi connectivity index (χ2n) is 10.9. The van der Waals surface area contributed by atoms with Crippen LogP contribution in [-0.4, -0.2) is 63.2 Å². The van der Waals surface area contributed by atoms with Crippen molar-refractivity contribution < 1.29 is 29.3 Å². The molecule has 1 aromatic heterocycles. The second-order valence-corrected chi connectivity index (χ2v) is 12.8. The molecule has 3 heterocycles. The molecule has 9 heteroatoms. The van der Waals surface area contributed by atoms with Gasteiger partial charge < -0.3 is 19.7 Å². The highest BCUT2D eigenvalue weighted by Crippen LogP contribution is 2.48. The Labute approximate surface area is 215 Å². The van der Waals surface area contributed by atoms with Gasteiger partial charge in [0, 0.05) is 17.7 Å². The number of carbonyl (C=O) groups excluding carboxylic acids is 2. The molecule has 4 rings (SSSR count). The van der Waals surface area contributed by atoms with E-state index in [0.717, 1.165) is 34.9 Å². The van der Waals surface area contributed by atoms with E-state index in [9.17, 15) is 19.8 Å². The van der Waals surface area contributed by atoms with Gasteiger partial charge in [0.15, 0.2) is 0 Å². The largest absolute Gasteiger partial charge is 0.458 e. The maximum absolute atomic E-state index is 13.1. The van der Waals surface area contributed by atoms with Crippen molar-refractivity contribution in [1.29, 1.82) is 0 Å². The lowest BCUT2D eigenvalue weighted by molar-refractivity contribution is -0.161. The van der Waals surface area contributed by atoms with E-state index in [2.05, 4.69) is 11.9 Å². The predicted octanol–water partition coefficient (Wildman–Crippen LogP) is 4.25. The molecule has 2 N–H and O–H groups in total. The van der Waals surface area contributed by atoms with Crippen LogP contribution in [0.3, 0.4) is 0 Å². The van der Waals surface area contributed by atoms with Crippen molar-refractivity contribution in [1.82, 2.24) is 4.98 Å². The molecule has 2 aliphatic heterocycles. The lowest BCUT2D eigenvalue weighted by Gasteiger charge is -2.45. The first-order valence-electron chi connectivity index (χ1n) is 12.4. The number of hydrogen-bond donors (Lipinski definition) is 2. The number of epoxide rings is 1. The quantitative estimate of drug-likeness (QED) is 0.344. The molecule has 2 saturated heterocycles. The van der Waals surface area contributed by atoms with Crippen LogP contribution >= 0.6 is 23.1 Å². The zero-order valence-electron chi connectivity index (χ0n) is 21.2. The number of thioether (sulfide) groups is 1. The lowest BCUT2D eigenvalue weighted by Crippen LogP contribution is -2.54. The summed E-state index contributed by atoms with van der Waals surface area (Å²) in [5.41, 5.74) is 0.314. The van der Waals surface area contributed by atoms with Crippen LogP contribution in [0, 0.1) is 17.3 Å². The first kappa shape index (κ1) is 26.8. The number of cyclic esters (lactones) is 1. The van der Waals surface area contributed by atoms with E-state index < -0.39 is 35.6 Å². The highest BCUT2D eigenvalue weighted by Gasteiger charge is 2.55. The number of Topliss-reactive ketones (excluding diaryl/α,β-unsaturated/α-hetero) is 1. The molecule has 7 nitrogen and oxygen atoms in total. The third-order valence-electron chi connectivity index (χ3n) is 8.30. The minimum absolute atomic E-state index is 0.0317. The van der Waals surface area contributed by atoms with E-state index in [1.54, 1.807) is 36.9 Å². The van der Waals surface area contributed by atoms with Crippen LogP contribution in [-0.2, 0) is 19.1 Å². The Hall–Kier alpha value is -1.26. The maximum atomic E-state index is 13.1. The van der Waals surface area contributed by atoms with Crippen LogP contribution in [0.5, 0.6) is 0 Å². The Morgan fingerprint density at radius 2 is 2.06 bits per heavy atom. The highest BCUT2D eigenvalue weighted by molar-refractivity contribution is 8.00. The lowest BCUT2D eigenvalue weighted by atomic mass is 9.60. The van der Waals surface area contributed by atoms with Gasteiger partial charge >= 0.3 is 5.97 Å². The van der Waals surface area contributed by atoms with Crippen LogP contribution in [0.1, 0.15) is 71.9 Å². The number of hydrogen-bond acceptors (Lipinski definition) is 9. The molecule has 0 radical (unpaired) electrons. The number of aliphatic hydroxyl groups is 2. The molecule has 1 saturated carbocycles. The van der Waals surface area contributed by atoms with Crippen LogP contribution in [0.4, 0.5) is 0 Å². The fraction of sp³-hybridized carbons (Fsp3) is 0.731. The monoisotopic (exact) mass is 523 g/mol. The summed E-state index contributed by atoms with van der Waals surface area (Å²) in [6.45, 7) is 7.46. The smallest absolute Gasteiger partial charge is 0.309 e. The average Bonchev–Trinajstić information content (AvgIpc) is 3.21. The first-order chi connectivity index (χ1) is 16.5. The van der Waals surface area contributed by atoms with E-state index in [-0.39, 0.29) is 29.8 Å². The number of carbonyl (C=O) groups is 2. The molecule has 194 valence electrons. The molecule has 0 spiro atoms. The minimum Gasteiger partial charge on any atom is -0.458 e. The molecule has 3 fully saturated rings.